The lowest BCUT2D eigenvalue weighted by atomic mass is 9.89. The number of benzene rings is 3. The third kappa shape index (κ3) is 3.34. The maximum Gasteiger partial charge on any atom is 0.170 e. The molecule has 0 saturated carbocycles. The van der Waals surface area contributed by atoms with E-state index in [9.17, 15) is 9.50 Å². The van der Waals surface area contributed by atoms with Crippen molar-refractivity contribution in [2.24, 2.45) is 10.9 Å². The molecule has 26 heavy (non-hydrogen) atoms. The minimum absolute atomic E-state index is 0.0944. The number of aryl methyl sites for hydroxylation is 1. The second kappa shape index (κ2) is 7.06. The quantitative estimate of drug-likeness (QED) is 0.265. The second-order valence-electron chi connectivity index (χ2n) is 5.89. The van der Waals surface area contributed by atoms with Crippen LogP contribution in [0.1, 0.15) is 11.1 Å². The summed E-state index contributed by atoms with van der Waals surface area (Å²) in [5.74, 6) is -0.670. The van der Waals surface area contributed by atoms with Gasteiger partial charge in [0.2, 0.25) is 0 Å². The lowest BCUT2D eigenvalue weighted by Gasteiger charge is -2.17. The lowest BCUT2D eigenvalue weighted by Crippen LogP contribution is -2.15. The van der Waals surface area contributed by atoms with Gasteiger partial charge in [-0.05, 0) is 54.4 Å². The zero-order chi connectivity index (χ0) is 18.8. The van der Waals surface area contributed by atoms with Crippen LogP contribution >= 0.6 is 11.6 Å². The van der Waals surface area contributed by atoms with Gasteiger partial charge >= 0.3 is 0 Å². The molecule has 0 radical (unpaired) electrons. The summed E-state index contributed by atoms with van der Waals surface area (Å²) in [6, 6.07) is 14.3. The Morgan fingerprint density at radius 1 is 1.04 bits per heavy atom. The highest BCUT2D eigenvalue weighted by Gasteiger charge is 2.19. The fourth-order valence-electron chi connectivity index (χ4n) is 2.85. The van der Waals surface area contributed by atoms with Crippen molar-refractivity contribution in [3.8, 4) is 28.0 Å². The molecule has 0 fully saturated rings. The topological polar surface area (TPSA) is 78.8 Å². The summed E-state index contributed by atoms with van der Waals surface area (Å²) >= 11 is 6.40. The Bertz CT molecular complexity index is 1000. The molecule has 3 aromatic carbocycles. The molecule has 0 aliphatic rings. The number of amidine groups is 1. The Hall–Kier alpha value is -3.05. The van der Waals surface area contributed by atoms with Crippen LogP contribution in [0, 0.1) is 12.7 Å². The molecule has 0 unspecified atom stereocenters. The molecular weight excluding hydrogens is 355 g/mol. The predicted molar refractivity (Wildman–Crippen MR) is 101 cm³/mol. The van der Waals surface area contributed by atoms with E-state index in [4.69, 9.17) is 22.5 Å². The largest absolute Gasteiger partial charge is 0.508 e. The number of hydrogen-bond acceptors (Lipinski definition) is 3. The Morgan fingerprint density at radius 3 is 2.38 bits per heavy atom. The highest BCUT2D eigenvalue weighted by Crippen LogP contribution is 2.40. The molecule has 0 saturated heterocycles. The fourth-order valence-corrected chi connectivity index (χ4v) is 3.06. The van der Waals surface area contributed by atoms with E-state index in [2.05, 4.69) is 5.16 Å². The van der Waals surface area contributed by atoms with Gasteiger partial charge in [0.05, 0.1) is 0 Å². The van der Waals surface area contributed by atoms with E-state index in [1.54, 1.807) is 18.2 Å². The summed E-state index contributed by atoms with van der Waals surface area (Å²) in [4.78, 5) is 0. The van der Waals surface area contributed by atoms with Crippen molar-refractivity contribution in [1.29, 1.82) is 0 Å². The van der Waals surface area contributed by atoms with E-state index in [1.807, 2.05) is 19.1 Å². The number of phenolic OH excluding ortho intramolecular Hbond substituents is 1. The molecule has 4 nitrogen and oxygen atoms in total. The van der Waals surface area contributed by atoms with Crippen LogP contribution in [0.2, 0.25) is 5.02 Å². The molecule has 0 amide bonds. The summed E-state index contributed by atoms with van der Waals surface area (Å²) in [7, 11) is 0. The molecule has 3 rings (SSSR count). The van der Waals surface area contributed by atoms with E-state index in [1.165, 1.54) is 24.3 Å². The van der Waals surface area contributed by atoms with Gasteiger partial charge in [-0.1, -0.05) is 40.5 Å². The summed E-state index contributed by atoms with van der Waals surface area (Å²) in [6.45, 7) is 1.91. The van der Waals surface area contributed by atoms with Crippen LogP contribution in [0.5, 0.6) is 5.75 Å². The molecular formula is C20H16ClFN2O2. The zero-order valence-corrected chi connectivity index (χ0v) is 14.6. The van der Waals surface area contributed by atoms with Gasteiger partial charge in [0, 0.05) is 21.7 Å². The maximum atomic E-state index is 14.3. The normalized spacial score (nSPS) is 11.6. The molecule has 0 spiro atoms. The van der Waals surface area contributed by atoms with Crippen molar-refractivity contribution in [1.82, 2.24) is 0 Å². The third-order valence-corrected chi connectivity index (χ3v) is 4.39. The molecule has 0 heterocycles. The third-order valence-electron chi connectivity index (χ3n) is 4.06. The molecule has 4 N–H and O–H groups in total. The molecule has 3 aromatic rings. The molecule has 0 atom stereocenters. The minimum atomic E-state index is -0.540. The molecule has 132 valence electrons. The highest BCUT2D eigenvalue weighted by molar-refractivity contribution is 6.34. The van der Waals surface area contributed by atoms with Crippen LogP contribution in [-0.2, 0) is 0 Å². The van der Waals surface area contributed by atoms with Gasteiger partial charge in [-0.25, -0.2) is 4.39 Å². The SMILES string of the molecule is Cc1ccc(Cl)c(-c2c(C(N)=NO)cc(F)cc2-c2ccc(O)cc2)c1. The van der Waals surface area contributed by atoms with Crippen LogP contribution < -0.4 is 5.73 Å². The first-order valence-electron chi connectivity index (χ1n) is 7.78. The summed E-state index contributed by atoms with van der Waals surface area (Å²) in [5, 5.41) is 22.2. The van der Waals surface area contributed by atoms with Gasteiger partial charge in [0.25, 0.3) is 0 Å². The van der Waals surface area contributed by atoms with Crippen molar-refractivity contribution in [2.45, 2.75) is 6.92 Å². The molecule has 0 aliphatic heterocycles. The smallest absolute Gasteiger partial charge is 0.170 e. The average Bonchev–Trinajstić information content (AvgIpc) is 2.63. The van der Waals surface area contributed by atoms with Crippen LogP contribution in [0.3, 0.4) is 0 Å². The van der Waals surface area contributed by atoms with Crippen LogP contribution in [0.25, 0.3) is 22.3 Å². The molecule has 0 aromatic heterocycles. The Kier molecular flexibility index (Phi) is 4.82. The van der Waals surface area contributed by atoms with E-state index >= 15 is 0 Å². The van der Waals surface area contributed by atoms with Crippen molar-refractivity contribution >= 4 is 17.4 Å². The number of oxime groups is 1. The van der Waals surface area contributed by atoms with Gasteiger partial charge in [-0.3, -0.25) is 0 Å². The average molecular weight is 371 g/mol. The van der Waals surface area contributed by atoms with Gasteiger partial charge in [0.15, 0.2) is 5.84 Å². The molecule has 0 bridgehead atoms. The van der Waals surface area contributed by atoms with Crippen LogP contribution in [-0.4, -0.2) is 16.1 Å². The zero-order valence-electron chi connectivity index (χ0n) is 13.9. The van der Waals surface area contributed by atoms with Crippen LogP contribution in [0.15, 0.2) is 59.8 Å². The van der Waals surface area contributed by atoms with Crippen molar-refractivity contribution < 1.29 is 14.7 Å². The standard InChI is InChI=1S/C20H16ClFN2O2/c1-11-2-7-18(21)16(8-11)19-15(12-3-5-14(25)6-4-12)9-13(22)10-17(19)20(23)24-26/h2-10,25-26H,1H3,(H2,23,24). The Morgan fingerprint density at radius 2 is 1.73 bits per heavy atom. The highest BCUT2D eigenvalue weighted by atomic mass is 35.5. The first-order valence-corrected chi connectivity index (χ1v) is 8.16. The number of nitrogens with zero attached hydrogens (tertiary/aromatic N) is 1. The van der Waals surface area contributed by atoms with Crippen molar-refractivity contribution in [2.75, 3.05) is 0 Å². The number of halogens is 2. The Balaban J connectivity index is 2.42. The van der Waals surface area contributed by atoms with Crippen LogP contribution in [0.4, 0.5) is 4.39 Å². The van der Waals surface area contributed by atoms with Crippen molar-refractivity contribution in [3.05, 3.63) is 76.6 Å². The summed E-state index contributed by atoms with van der Waals surface area (Å²) < 4.78 is 14.3. The minimum Gasteiger partial charge on any atom is -0.508 e. The Labute approximate surface area is 155 Å². The first kappa shape index (κ1) is 17.8. The predicted octanol–water partition coefficient (Wildman–Crippen LogP) is 4.92. The van der Waals surface area contributed by atoms with E-state index < -0.39 is 5.82 Å². The second-order valence-corrected chi connectivity index (χ2v) is 6.30. The fraction of sp³-hybridized carbons (Fsp3) is 0.0500. The summed E-state index contributed by atoms with van der Waals surface area (Å²) in [6.07, 6.45) is 0. The van der Waals surface area contributed by atoms with Crippen molar-refractivity contribution in [3.63, 3.8) is 0 Å². The van der Waals surface area contributed by atoms with E-state index in [0.29, 0.717) is 27.3 Å². The number of phenols is 1. The number of rotatable bonds is 3. The number of nitrogens with two attached hydrogens (primary N) is 1. The lowest BCUT2D eigenvalue weighted by molar-refractivity contribution is 0.318. The molecule has 6 heteroatoms. The van der Waals surface area contributed by atoms with Gasteiger partial charge in [0.1, 0.15) is 11.6 Å². The number of aromatic hydroxyl groups is 1. The van der Waals surface area contributed by atoms with Gasteiger partial charge in [-0.15, -0.1) is 0 Å². The van der Waals surface area contributed by atoms with E-state index in [-0.39, 0.29) is 17.1 Å². The number of hydrogen-bond donors (Lipinski definition) is 3. The molecule has 0 aliphatic carbocycles. The van der Waals surface area contributed by atoms with Gasteiger partial charge < -0.3 is 16.0 Å². The maximum absolute atomic E-state index is 14.3. The summed E-state index contributed by atoms with van der Waals surface area (Å²) in [5.41, 5.74) is 9.34. The monoisotopic (exact) mass is 370 g/mol. The van der Waals surface area contributed by atoms with E-state index in [0.717, 1.165) is 5.56 Å². The first-order chi connectivity index (χ1) is 12.4. The van der Waals surface area contributed by atoms with Gasteiger partial charge in [-0.2, -0.15) is 0 Å².